The molecule has 182 valence electrons. The molecule has 3 saturated heterocycles. The highest BCUT2D eigenvalue weighted by atomic mass is 35.5. The summed E-state index contributed by atoms with van der Waals surface area (Å²) in [6.45, 7) is 11.0. The molecule has 0 unspecified atom stereocenters. The summed E-state index contributed by atoms with van der Waals surface area (Å²) >= 11 is 7.56. The molecule has 0 aliphatic carbocycles. The fourth-order valence-electron chi connectivity index (χ4n) is 4.33. The van der Waals surface area contributed by atoms with Crippen LogP contribution in [0.25, 0.3) is 0 Å². The van der Waals surface area contributed by atoms with Crippen LogP contribution in [0.15, 0.2) is 11.2 Å². The Hall–Kier alpha value is -1.62. The summed E-state index contributed by atoms with van der Waals surface area (Å²) in [5, 5.41) is 0.827. The van der Waals surface area contributed by atoms with Crippen LogP contribution in [0.2, 0.25) is 5.15 Å². The molecule has 3 fully saturated rings. The van der Waals surface area contributed by atoms with Crippen molar-refractivity contribution in [3.8, 4) is 0 Å². The van der Waals surface area contributed by atoms with Gasteiger partial charge in [0.05, 0.1) is 19.0 Å². The van der Waals surface area contributed by atoms with Crippen molar-refractivity contribution in [1.82, 2.24) is 19.8 Å². The molecular formula is C22H32ClN5O4S. The number of hydrogen-bond acceptors (Lipinski definition) is 8. The minimum absolute atomic E-state index is 0.0484. The number of rotatable bonds is 4. The molecule has 3 aliphatic heterocycles. The lowest BCUT2D eigenvalue weighted by Gasteiger charge is -2.38. The van der Waals surface area contributed by atoms with Crippen molar-refractivity contribution in [2.75, 3.05) is 63.1 Å². The maximum Gasteiger partial charge on any atom is 0.233 e. The number of hydrogen-bond donors (Lipinski definition) is 0. The minimum atomic E-state index is -0.490. The first-order valence-corrected chi connectivity index (χ1v) is 12.8. The Kier molecular flexibility index (Phi) is 7.38. The molecule has 9 nitrogen and oxygen atoms in total. The van der Waals surface area contributed by atoms with Crippen LogP contribution in [0.4, 0.5) is 5.82 Å². The summed E-state index contributed by atoms with van der Waals surface area (Å²) in [5.74, 6) is 0.696. The Bertz CT molecular complexity index is 872. The second-order valence-electron chi connectivity index (χ2n) is 9.64. The van der Waals surface area contributed by atoms with E-state index in [1.54, 1.807) is 6.07 Å². The van der Waals surface area contributed by atoms with Gasteiger partial charge in [-0.3, -0.25) is 9.59 Å². The van der Waals surface area contributed by atoms with Gasteiger partial charge in [0.15, 0.2) is 10.9 Å². The molecule has 3 aliphatic rings. The zero-order chi connectivity index (χ0) is 23.6. The SMILES string of the molecule is CC(C)(C)C(=O)N1CCN(c2cc(Cl)nc(SCC(=O)N3CCC4(CC3)OCCO4)n2)CC1. The average Bonchev–Trinajstić information content (AvgIpc) is 3.24. The molecule has 1 aromatic heterocycles. The number of piperidine rings is 1. The van der Waals surface area contributed by atoms with Crippen LogP contribution < -0.4 is 4.90 Å². The van der Waals surface area contributed by atoms with Crippen molar-refractivity contribution in [2.45, 2.75) is 44.6 Å². The van der Waals surface area contributed by atoms with E-state index < -0.39 is 5.79 Å². The highest BCUT2D eigenvalue weighted by Gasteiger charge is 2.40. The smallest absolute Gasteiger partial charge is 0.233 e. The highest BCUT2D eigenvalue weighted by molar-refractivity contribution is 7.99. The molecular weight excluding hydrogens is 466 g/mol. The molecule has 4 rings (SSSR count). The number of likely N-dealkylation sites (tertiary alicyclic amines) is 1. The highest BCUT2D eigenvalue weighted by Crippen LogP contribution is 2.32. The molecule has 1 spiro atoms. The fourth-order valence-corrected chi connectivity index (χ4v) is 5.31. The number of halogens is 1. The van der Waals surface area contributed by atoms with Gasteiger partial charge < -0.3 is 24.2 Å². The largest absolute Gasteiger partial charge is 0.353 e. The van der Waals surface area contributed by atoms with Crippen molar-refractivity contribution in [1.29, 1.82) is 0 Å². The Morgan fingerprint density at radius 3 is 2.27 bits per heavy atom. The molecule has 1 aromatic rings. The van der Waals surface area contributed by atoms with Gasteiger partial charge in [-0.05, 0) is 0 Å². The predicted molar refractivity (Wildman–Crippen MR) is 126 cm³/mol. The topological polar surface area (TPSA) is 88.1 Å². The van der Waals surface area contributed by atoms with Gasteiger partial charge in [-0.15, -0.1) is 0 Å². The lowest BCUT2D eigenvalue weighted by molar-refractivity contribution is -0.186. The number of piperazine rings is 1. The quantitative estimate of drug-likeness (QED) is 0.355. The van der Waals surface area contributed by atoms with E-state index in [4.69, 9.17) is 21.1 Å². The van der Waals surface area contributed by atoms with Gasteiger partial charge in [-0.2, -0.15) is 0 Å². The van der Waals surface area contributed by atoms with E-state index in [0.29, 0.717) is 75.6 Å². The van der Waals surface area contributed by atoms with E-state index in [-0.39, 0.29) is 23.0 Å². The normalized spacial score (nSPS) is 21.0. The first-order chi connectivity index (χ1) is 15.7. The van der Waals surface area contributed by atoms with Crippen LogP contribution in [-0.2, 0) is 19.1 Å². The Morgan fingerprint density at radius 1 is 1.03 bits per heavy atom. The molecule has 11 heteroatoms. The van der Waals surface area contributed by atoms with Crippen molar-refractivity contribution >= 4 is 41.0 Å². The lowest BCUT2D eigenvalue weighted by atomic mass is 9.94. The molecule has 0 N–H and O–H groups in total. The number of ether oxygens (including phenoxy) is 2. The van der Waals surface area contributed by atoms with Crippen LogP contribution in [0, 0.1) is 5.41 Å². The Balaban J connectivity index is 1.30. The minimum Gasteiger partial charge on any atom is -0.353 e. The molecule has 0 saturated carbocycles. The average molecular weight is 498 g/mol. The van der Waals surface area contributed by atoms with Gasteiger partial charge >= 0.3 is 0 Å². The molecule has 0 atom stereocenters. The third-order valence-electron chi connectivity index (χ3n) is 6.21. The number of nitrogens with zero attached hydrogens (tertiary/aromatic N) is 5. The third kappa shape index (κ3) is 5.90. The van der Waals surface area contributed by atoms with Crippen molar-refractivity contribution < 1.29 is 19.1 Å². The standard InChI is InChI=1S/C22H32ClN5O4S/c1-21(2,3)19(30)28-10-8-26(9-11-28)17-14-16(23)24-20(25-17)33-15-18(29)27-6-4-22(5-7-27)31-12-13-32-22/h14H,4-13,15H2,1-3H3. The van der Waals surface area contributed by atoms with Gasteiger partial charge in [-0.1, -0.05) is 44.1 Å². The summed E-state index contributed by atoms with van der Waals surface area (Å²) in [5.41, 5.74) is -0.386. The molecule has 0 bridgehead atoms. The van der Waals surface area contributed by atoms with E-state index in [1.807, 2.05) is 30.6 Å². The van der Waals surface area contributed by atoms with E-state index in [0.717, 1.165) is 5.82 Å². The Morgan fingerprint density at radius 2 is 1.67 bits per heavy atom. The molecule has 4 heterocycles. The first-order valence-electron chi connectivity index (χ1n) is 11.4. The summed E-state index contributed by atoms with van der Waals surface area (Å²) in [4.78, 5) is 40.0. The van der Waals surface area contributed by atoms with Crippen LogP contribution in [0.5, 0.6) is 0 Å². The summed E-state index contributed by atoms with van der Waals surface area (Å²) in [7, 11) is 0. The van der Waals surface area contributed by atoms with Crippen LogP contribution in [0.1, 0.15) is 33.6 Å². The molecule has 2 amide bonds. The summed E-state index contributed by atoms with van der Waals surface area (Å²) in [6, 6.07) is 1.74. The number of thioether (sulfide) groups is 1. The first kappa shape index (κ1) is 24.5. The zero-order valence-corrected chi connectivity index (χ0v) is 21.1. The van der Waals surface area contributed by atoms with Crippen molar-refractivity contribution in [3.63, 3.8) is 0 Å². The number of carbonyl (C=O) groups is 2. The second kappa shape index (κ2) is 9.93. The van der Waals surface area contributed by atoms with Crippen LogP contribution >= 0.6 is 23.4 Å². The monoisotopic (exact) mass is 497 g/mol. The van der Waals surface area contributed by atoms with Gasteiger partial charge in [0.1, 0.15) is 11.0 Å². The van der Waals surface area contributed by atoms with Gasteiger partial charge in [-0.25, -0.2) is 9.97 Å². The molecule has 33 heavy (non-hydrogen) atoms. The summed E-state index contributed by atoms with van der Waals surface area (Å²) < 4.78 is 11.5. The predicted octanol–water partition coefficient (Wildman–Crippen LogP) is 2.28. The number of aromatic nitrogens is 2. The zero-order valence-electron chi connectivity index (χ0n) is 19.5. The summed E-state index contributed by atoms with van der Waals surface area (Å²) in [6.07, 6.45) is 1.40. The van der Waals surface area contributed by atoms with Crippen LogP contribution in [-0.4, -0.2) is 95.6 Å². The van der Waals surface area contributed by atoms with Crippen LogP contribution in [0.3, 0.4) is 0 Å². The Labute approximate surface area is 204 Å². The van der Waals surface area contributed by atoms with Crippen molar-refractivity contribution in [3.05, 3.63) is 11.2 Å². The molecule has 0 radical (unpaired) electrons. The van der Waals surface area contributed by atoms with E-state index >= 15 is 0 Å². The third-order valence-corrected chi connectivity index (χ3v) is 7.24. The maximum absolute atomic E-state index is 12.7. The molecule has 0 aromatic carbocycles. The second-order valence-corrected chi connectivity index (χ2v) is 11.0. The van der Waals surface area contributed by atoms with E-state index in [2.05, 4.69) is 14.9 Å². The fraction of sp³-hybridized carbons (Fsp3) is 0.727. The number of carbonyl (C=O) groups excluding carboxylic acids is 2. The lowest BCUT2D eigenvalue weighted by Crippen LogP contribution is -2.51. The van der Waals surface area contributed by atoms with Crippen molar-refractivity contribution in [2.24, 2.45) is 5.41 Å². The number of anilines is 1. The van der Waals surface area contributed by atoms with E-state index in [9.17, 15) is 9.59 Å². The van der Waals surface area contributed by atoms with E-state index in [1.165, 1.54) is 11.8 Å². The van der Waals surface area contributed by atoms with Gasteiger partial charge in [0, 0.05) is 63.6 Å². The number of amides is 2. The van der Waals surface area contributed by atoms with Gasteiger partial charge in [0.2, 0.25) is 11.8 Å². The maximum atomic E-state index is 12.7. The van der Waals surface area contributed by atoms with Gasteiger partial charge in [0.25, 0.3) is 0 Å².